The number of piperidine rings is 1. The highest BCUT2D eigenvalue weighted by atomic mass is 79.9. The predicted octanol–water partition coefficient (Wildman–Crippen LogP) is 5.78. The normalized spacial score (nSPS) is 14.5. The summed E-state index contributed by atoms with van der Waals surface area (Å²) < 4.78 is 2.48. The van der Waals surface area contributed by atoms with Crippen LogP contribution < -0.4 is 21.1 Å². The number of hydrogen-bond acceptors (Lipinski definition) is 7. The van der Waals surface area contributed by atoms with Gasteiger partial charge in [0, 0.05) is 48.9 Å². The summed E-state index contributed by atoms with van der Waals surface area (Å²) in [7, 11) is 4.32. The van der Waals surface area contributed by atoms with Crippen molar-refractivity contribution >= 4 is 44.8 Å². The number of halogens is 1. The molecule has 192 valence electrons. The van der Waals surface area contributed by atoms with Crippen molar-refractivity contribution in [3.8, 4) is 0 Å². The van der Waals surface area contributed by atoms with Gasteiger partial charge in [-0.15, -0.1) is 0 Å². The lowest BCUT2D eigenvalue weighted by Crippen LogP contribution is -2.41. The number of anilines is 5. The van der Waals surface area contributed by atoms with Gasteiger partial charge >= 0.3 is 0 Å². The van der Waals surface area contributed by atoms with Crippen LogP contribution in [0.25, 0.3) is 0 Å². The average molecular weight is 555 g/mol. The van der Waals surface area contributed by atoms with Crippen molar-refractivity contribution in [2.24, 2.45) is 0 Å². The van der Waals surface area contributed by atoms with E-state index in [2.05, 4.69) is 98.5 Å². The van der Waals surface area contributed by atoms with Crippen LogP contribution in [0, 0.1) is 0 Å². The second-order valence-corrected chi connectivity index (χ2v) is 10.3. The van der Waals surface area contributed by atoms with Crippen molar-refractivity contribution in [3.05, 3.63) is 63.6 Å². The third-order valence-electron chi connectivity index (χ3n) is 6.99. The molecule has 3 aromatic rings. The number of nitrogens with one attached hydrogen (secondary N) is 2. The van der Waals surface area contributed by atoms with Crippen LogP contribution in [0.5, 0.6) is 0 Å². The minimum Gasteiger partial charge on any atom is -0.371 e. The third-order valence-corrected chi connectivity index (χ3v) is 7.57. The molecular weight excluding hydrogens is 518 g/mol. The Morgan fingerprint density at radius 3 is 2.42 bits per heavy atom. The van der Waals surface area contributed by atoms with Crippen molar-refractivity contribution in [2.75, 3.05) is 42.7 Å². The second kappa shape index (κ2) is 11.9. The minimum atomic E-state index is -0.0589. The molecule has 0 spiro atoms. The maximum absolute atomic E-state index is 13.1. The van der Waals surface area contributed by atoms with Crippen molar-refractivity contribution in [1.29, 1.82) is 0 Å². The quantitative estimate of drug-likeness (QED) is 0.347. The smallest absolute Gasteiger partial charge is 0.274 e. The van der Waals surface area contributed by atoms with Crippen LogP contribution in [-0.2, 0) is 0 Å². The van der Waals surface area contributed by atoms with Crippen molar-refractivity contribution in [2.45, 2.75) is 51.6 Å². The molecule has 1 aliphatic rings. The molecule has 9 heteroatoms. The maximum atomic E-state index is 13.1. The first-order valence-corrected chi connectivity index (χ1v) is 13.5. The molecule has 0 atom stereocenters. The molecule has 4 rings (SSSR count). The third kappa shape index (κ3) is 6.07. The lowest BCUT2D eigenvalue weighted by Gasteiger charge is -2.36. The van der Waals surface area contributed by atoms with E-state index in [1.165, 1.54) is 18.5 Å². The first kappa shape index (κ1) is 26.2. The predicted molar refractivity (Wildman–Crippen MR) is 152 cm³/mol. The Balaban J connectivity index is 1.45. The van der Waals surface area contributed by atoms with Gasteiger partial charge < -0.3 is 25.0 Å². The topological polar surface area (TPSA) is 78.3 Å². The molecule has 0 bridgehead atoms. The Morgan fingerprint density at radius 2 is 1.78 bits per heavy atom. The van der Waals surface area contributed by atoms with Crippen LogP contribution in [0.15, 0.2) is 58.1 Å². The summed E-state index contributed by atoms with van der Waals surface area (Å²) in [6.45, 7) is 6.33. The van der Waals surface area contributed by atoms with Gasteiger partial charge in [-0.1, -0.05) is 13.8 Å². The van der Waals surface area contributed by atoms with Gasteiger partial charge in [-0.05, 0) is 92.1 Å². The Hall–Kier alpha value is -2.91. The number of benzene rings is 1. The fraction of sp³-hybridized carbons (Fsp3) is 0.444. The van der Waals surface area contributed by atoms with E-state index in [-0.39, 0.29) is 11.6 Å². The fourth-order valence-electron chi connectivity index (χ4n) is 4.74. The number of nitrogens with zero attached hydrogens (tertiary/aromatic N) is 5. The van der Waals surface area contributed by atoms with E-state index in [4.69, 9.17) is 0 Å². The van der Waals surface area contributed by atoms with Gasteiger partial charge in [0.15, 0.2) is 5.82 Å². The Morgan fingerprint density at radius 1 is 1.08 bits per heavy atom. The van der Waals surface area contributed by atoms with Crippen LogP contribution in [-0.4, -0.2) is 52.7 Å². The van der Waals surface area contributed by atoms with Crippen LogP contribution in [0.3, 0.4) is 0 Å². The molecule has 8 nitrogen and oxygen atoms in total. The molecule has 36 heavy (non-hydrogen) atoms. The summed E-state index contributed by atoms with van der Waals surface area (Å²) >= 11 is 3.51. The highest BCUT2D eigenvalue weighted by Gasteiger charge is 2.20. The zero-order chi connectivity index (χ0) is 25.7. The van der Waals surface area contributed by atoms with Gasteiger partial charge in [-0.25, -0.2) is 4.98 Å². The molecule has 1 fully saturated rings. The Labute approximate surface area is 221 Å². The van der Waals surface area contributed by atoms with E-state index < -0.39 is 0 Å². The maximum Gasteiger partial charge on any atom is 0.274 e. The standard InChI is InChI=1S/C27H36BrN7O/c1-5-20(6-2)35-15-7-8-24(26(35)36)31-25-23(28)18-29-27(32-25)30-19-9-11-22(12-10-19)34-16-13-21(14-17-34)33(3)4/h7-12,15,18,20-21H,5-6,13-14,16-17H2,1-4H3,(H2,29,30,31,32). The lowest BCUT2D eigenvalue weighted by molar-refractivity contribution is 0.249. The van der Waals surface area contributed by atoms with E-state index in [9.17, 15) is 4.79 Å². The summed E-state index contributed by atoms with van der Waals surface area (Å²) in [4.78, 5) is 26.8. The monoisotopic (exact) mass is 553 g/mol. The molecule has 0 amide bonds. The van der Waals surface area contributed by atoms with Gasteiger partial charge in [0.25, 0.3) is 5.56 Å². The van der Waals surface area contributed by atoms with E-state index >= 15 is 0 Å². The molecule has 0 saturated carbocycles. The van der Waals surface area contributed by atoms with Crippen molar-refractivity contribution in [3.63, 3.8) is 0 Å². The summed E-state index contributed by atoms with van der Waals surface area (Å²) in [6, 6.07) is 12.9. The average Bonchev–Trinajstić information content (AvgIpc) is 2.89. The van der Waals surface area contributed by atoms with Crippen LogP contribution in [0.2, 0.25) is 0 Å². The highest BCUT2D eigenvalue weighted by molar-refractivity contribution is 9.10. The molecule has 2 N–H and O–H groups in total. The SMILES string of the molecule is CCC(CC)n1cccc(Nc2nc(Nc3ccc(N4CCC(N(C)C)CC4)cc3)ncc2Br)c1=O. The fourth-order valence-corrected chi connectivity index (χ4v) is 5.03. The molecule has 2 aromatic heterocycles. The van der Waals surface area contributed by atoms with E-state index in [1.807, 2.05) is 12.3 Å². The first-order chi connectivity index (χ1) is 17.4. The second-order valence-electron chi connectivity index (χ2n) is 9.47. The van der Waals surface area contributed by atoms with Crippen LogP contribution in [0.1, 0.15) is 45.6 Å². The van der Waals surface area contributed by atoms with Crippen LogP contribution in [0.4, 0.5) is 28.8 Å². The van der Waals surface area contributed by atoms with Gasteiger partial charge in [0.05, 0.1) is 4.47 Å². The van der Waals surface area contributed by atoms with Gasteiger partial charge in [0.1, 0.15) is 5.69 Å². The molecule has 0 aliphatic carbocycles. The van der Waals surface area contributed by atoms with E-state index in [1.54, 1.807) is 16.8 Å². The van der Waals surface area contributed by atoms with E-state index in [0.717, 1.165) is 31.6 Å². The number of hydrogen-bond donors (Lipinski definition) is 2. The molecule has 0 unspecified atom stereocenters. The largest absolute Gasteiger partial charge is 0.371 e. The minimum absolute atomic E-state index is 0.0589. The van der Waals surface area contributed by atoms with Gasteiger partial charge in [0.2, 0.25) is 5.95 Å². The van der Waals surface area contributed by atoms with Crippen LogP contribution >= 0.6 is 15.9 Å². The van der Waals surface area contributed by atoms with Gasteiger partial charge in [-0.3, -0.25) is 4.79 Å². The molecular formula is C27H36BrN7O. The molecule has 1 saturated heterocycles. The van der Waals surface area contributed by atoms with E-state index in [0.29, 0.717) is 28.0 Å². The number of rotatable bonds is 9. The first-order valence-electron chi connectivity index (χ1n) is 12.7. The summed E-state index contributed by atoms with van der Waals surface area (Å²) in [5.41, 5.74) is 2.56. The summed E-state index contributed by atoms with van der Waals surface area (Å²) in [6.07, 6.45) is 7.69. The Bertz CT molecular complexity index is 1200. The molecule has 1 aliphatic heterocycles. The Kier molecular flexibility index (Phi) is 8.64. The van der Waals surface area contributed by atoms with Crippen molar-refractivity contribution < 1.29 is 0 Å². The number of aromatic nitrogens is 3. The zero-order valence-electron chi connectivity index (χ0n) is 21.5. The zero-order valence-corrected chi connectivity index (χ0v) is 23.1. The summed E-state index contributed by atoms with van der Waals surface area (Å²) in [5.74, 6) is 0.990. The highest BCUT2D eigenvalue weighted by Crippen LogP contribution is 2.27. The molecule has 3 heterocycles. The van der Waals surface area contributed by atoms with Gasteiger partial charge in [-0.2, -0.15) is 4.98 Å². The van der Waals surface area contributed by atoms with Crippen molar-refractivity contribution in [1.82, 2.24) is 19.4 Å². The molecule has 1 aromatic carbocycles. The molecule has 0 radical (unpaired) electrons. The summed E-state index contributed by atoms with van der Waals surface area (Å²) in [5, 5.41) is 6.47. The lowest BCUT2D eigenvalue weighted by atomic mass is 10.0. The number of pyridine rings is 1.